The fourth-order valence-corrected chi connectivity index (χ4v) is 4.61. The van der Waals surface area contributed by atoms with E-state index in [1.807, 2.05) is 45.9 Å². The third-order valence-corrected chi connectivity index (χ3v) is 6.39. The lowest BCUT2D eigenvalue weighted by atomic mass is 10.1. The van der Waals surface area contributed by atoms with E-state index in [0.29, 0.717) is 17.4 Å². The summed E-state index contributed by atoms with van der Waals surface area (Å²) >= 11 is 0. The summed E-state index contributed by atoms with van der Waals surface area (Å²) in [5.41, 5.74) is 5.29. The van der Waals surface area contributed by atoms with Crippen molar-refractivity contribution >= 4 is 23.3 Å². The number of nitrogens with zero attached hydrogens (tertiary/aromatic N) is 3. The maximum Gasteiger partial charge on any atom is 0.239 e. The highest BCUT2D eigenvalue weighted by Crippen LogP contribution is 2.37. The monoisotopic (exact) mass is 435 g/mol. The number of anilines is 2. The molecule has 1 aliphatic carbocycles. The van der Waals surface area contributed by atoms with Crippen molar-refractivity contribution in [3.63, 3.8) is 0 Å². The van der Waals surface area contributed by atoms with Crippen molar-refractivity contribution in [1.82, 2.24) is 9.47 Å². The van der Waals surface area contributed by atoms with Crippen LogP contribution in [0.5, 0.6) is 0 Å². The van der Waals surface area contributed by atoms with Crippen molar-refractivity contribution in [1.29, 1.82) is 5.26 Å². The average molecular weight is 436 g/mol. The standard InChI is InChI=1S/C25H33N5O2/c1-16-9-8-10-17(2)24(16)27-22(31)14-29(5)15-23(32)28-25-21(13-26)18(3)19(4)30(25)20-11-6-7-12-20/h8-10,20H,6-7,11-12,14-15H2,1-5H3,(H,27,31)(H,28,32). The van der Waals surface area contributed by atoms with E-state index in [2.05, 4.69) is 21.3 Å². The summed E-state index contributed by atoms with van der Waals surface area (Å²) in [7, 11) is 1.74. The van der Waals surface area contributed by atoms with Crippen molar-refractivity contribution < 1.29 is 9.59 Å². The summed E-state index contributed by atoms with van der Waals surface area (Å²) < 4.78 is 2.13. The Morgan fingerprint density at radius 3 is 2.19 bits per heavy atom. The highest BCUT2D eigenvalue weighted by Gasteiger charge is 2.27. The van der Waals surface area contributed by atoms with Crippen LogP contribution in [-0.4, -0.2) is 41.4 Å². The Hall–Kier alpha value is -3.11. The number of nitrogens with one attached hydrogen (secondary N) is 2. The number of para-hydroxylation sites is 1. The van der Waals surface area contributed by atoms with Gasteiger partial charge in [-0.25, -0.2) is 0 Å². The van der Waals surface area contributed by atoms with Gasteiger partial charge in [-0.2, -0.15) is 5.26 Å². The molecule has 7 nitrogen and oxygen atoms in total. The molecule has 0 aliphatic heterocycles. The summed E-state index contributed by atoms with van der Waals surface area (Å²) in [5.74, 6) is 0.185. The van der Waals surface area contributed by atoms with Crippen LogP contribution in [0.1, 0.15) is 59.7 Å². The highest BCUT2D eigenvalue weighted by atomic mass is 16.2. The van der Waals surface area contributed by atoms with Crippen molar-refractivity contribution in [2.75, 3.05) is 30.8 Å². The van der Waals surface area contributed by atoms with Crippen LogP contribution in [0.15, 0.2) is 18.2 Å². The predicted octanol–water partition coefficient (Wildman–Crippen LogP) is 4.22. The zero-order valence-corrected chi connectivity index (χ0v) is 19.7. The smallest absolute Gasteiger partial charge is 0.239 e. The number of carbonyl (C=O) groups is 2. The Kier molecular flexibility index (Phi) is 7.37. The maximum absolute atomic E-state index is 12.8. The lowest BCUT2D eigenvalue weighted by Crippen LogP contribution is -2.36. The molecule has 2 N–H and O–H groups in total. The first-order chi connectivity index (χ1) is 15.2. The number of likely N-dealkylation sites (N-methyl/N-ethyl adjacent to an activating group) is 1. The zero-order chi connectivity index (χ0) is 23.4. The SMILES string of the molecule is Cc1cccc(C)c1NC(=O)CN(C)CC(=O)Nc1c(C#N)c(C)c(C)n1C1CCCC1. The molecule has 0 atom stereocenters. The number of aryl methyl sites for hydroxylation is 2. The molecule has 1 fully saturated rings. The number of hydrogen-bond donors (Lipinski definition) is 2. The number of carbonyl (C=O) groups excluding carboxylic acids is 2. The van der Waals surface area contributed by atoms with Crippen molar-refractivity contribution in [2.24, 2.45) is 0 Å². The molecule has 1 aromatic heterocycles. The van der Waals surface area contributed by atoms with Crippen LogP contribution >= 0.6 is 0 Å². The number of benzene rings is 1. The third kappa shape index (κ3) is 5.03. The molecule has 7 heteroatoms. The summed E-state index contributed by atoms with van der Waals surface area (Å²) in [6.45, 7) is 7.99. The van der Waals surface area contributed by atoms with Gasteiger partial charge in [-0.1, -0.05) is 31.0 Å². The number of rotatable bonds is 7. The van der Waals surface area contributed by atoms with Gasteiger partial charge in [-0.15, -0.1) is 0 Å². The van der Waals surface area contributed by atoms with E-state index < -0.39 is 0 Å². The topological polar surface area (TPSA) is 90.2 Å². The van der Waals surface area contributed by atoms with E-state index in [9.17, 15) is 14.9 Å². The molecule has 2 aromatic rings. The van der Waals surface area contributed by atoms with E-state index in [1.54, 1.807) is 11.9 Å². The van der Waals surface area contributed by atoms with Crippen LogP contribution in [-0.2, 0) is 9.59 Å². The molecule has 1 aromatic carbocycles. The van der Waals surface area contributed by atoms with Crippen LogP contribution in [0.4, 0.5) is 11.5 Å². The minimum atomic E-state index is -0.236. The molecular weight excluding hydrogens is 402 g/mol. The van der Waals surface area contributed by atoms with E-state index in [-0.39, 0.29) is 24.9 Å². The van der Waals surface area contributed by atoms with Crippen LogP contribution in [0.2, 0.25) is 0 Å². The van der Waals surface area contributed by atoms with Gasteiger partial charge < -0.3 is 15.2 Å². The minimum absolute atomic E-state index is 0.0545. The molecule has 0 unspecified atom stereocenters. The first-order valence-electron chi connectivity index (χ1n) is 11.2. The normalized spacial score (nSPS) is 13.9. The van der Waals surface area contributed by atoms with Gasteiger partial charge in [-0.05, 0) is 64.3 Å². The van der Waals surface area contributed by atoms with Gasteiger partial charge in [-0.3, -0.25) is 14.5 Å². The number of aromatic nitrogens is 1. The van der Waals surface area contributed by atoms with Crippen molar-refractivity contribution in [3.05, 3.63) is 46.1 Å². The Balaban J connectivity index is 1.66. The largest absolute Gasteiger partial charge is 0.327 e. The Morgan fingerprint density at radius 1 is 1.06 bits per heavy atom. The molecule has 0 bridgehead atoms. The number of nitriles is 1. The average Bonchev–Trinajstić information content (AvgIpc) is 3.32. The maximum atomic E-state index is 12.8. The molecule has 1 saturated carbocycles. The van der Waals surface area contributed by atoms with E-state index in [1.165, 1.54) is 0 Å². The molecular formula is C25H33N5O2. The minimum Gasteiger partial charge on any atom is -0.327 e. The molecule has 1 aliphatic rings. The summed E-state index contributed by atoms with van der Waals surface area (Å²) in [6.07, 6.45) is 4.44. The van der Waals surface area contributed by atoms with Crippen LogP contribution in [0.25, 0.3) is 0 Å². The lowest BCUT2D eigenvalue weighted by molar-refractivity contribution is -0.119. The summed E-state index contributed by atoms with van der Waals surface area (Å²) in [6, 6.07) is 8.44. The van der Waals surface area contributed by atoms with Gasteiger partial charge in [0.1, 0.15) is 11.9 Å². The molecule has 32 heavy (non-hydrogen) atoms. The van der Waals surface area contributed by atoms with Crippen LogP contribution < -0.4 is 10.6 Å². The molecule has 0 spiro atoms. The highest BCUT2D eigenvalue weighted by molar-refractivity contribution is 5.96. The first kappa shape index (κ1) is 23.6. The molecule has 1 heterocycles. The summed E-state index contributed by atoms with van der Waals surface area (Å²) in [4.78, 5) is 27.0. The first-order valence-corrected chi connectivity index (χ1v) is 11.2. The van der Waals surface area contributed by atoms with Gasteiger partial charge >= 0.3 is 0 Å². The number of hydrogen-bond acceptors (Lipinski definition) is 4. The molecule has 2 amide bonds. The quantitative estimate of drug-likeness (QED) is 0.681. The van der Waals surface area contributed by atoms with Gasteiger partial charge in [0.2, 0.25) is 11.8 Å². The van der Waals surface area contributed by atoms with Crippen LogP contribution in [0.3, 0.4) is 0 Å². The van der Waals surface area contributed by atoms with Gasteiger partial charge in [0.05, 0.1) is 18.7 Å². The second-order valence-corrected chi connectivity index (χ2v) is 8.89. The molecule has 170 valence electrons. The van der Waals surface area contributed by atoms with E-state index in [4.69, 9.17) is 0 Å². The lowest BCUT2D eigenvalue weighted by Gasteiger charge is -2.21. The van der Waals surface area contributed by atoms with E-state index >= 15 is 0 Å². The predicted molar refractivity (Wildman–Crippen MR) is 127 cm³/mol. The number of amides is 2. The fraction of sp³-hybridized carbons (Fsp3) is 0.480. The third-order valence-electron chi connectivity index (χ3n) is 6.39. The van der Waals surface area contributed by atoms with E-state index in [0.717, 1.165) is 53.8 Å². The fourth-order valence-electron chi connectivity index (χ4n) is 4.61. The Morgan fingerprint density at radius 2 is 1.62 bits per heavy atom. The van der Waals surface area contributed by atoms with Crippen molar-refractivity contribution in [3.8, 4) is 6.07 Å². The van der Waals surface area contributed by atoms with Crippen molar-refractivity contribution in [2.45, 2.75) is 59.4 Å². The van der Waals surface area contributed by atoms with Gasteiger partial charge in [0.15, 0.2) is 0 Å². The Bertz CT molecular complexity index is 1040. The van der Waals surface area contributed by atoms with Gasteiger partial charge in [0, 0.05) is 17.4 Å². The summed E-state index contributed by atoms with van der Waals surface area (Å²) in [5, 5.41) is 15.6. The molecule has 3 rings (SSSR count). The van der Waals surface area contributed by atoms with Crippen LogP contribution in [0, 0.1) is 39.0 Å². The second kappa shape index (κ2) is 10.0. The molecule has 0 radical (unpaired) electrons. The van der Waals surface area contributed by atoms with Gasteiger partial charge in [0.25, 0.3) is 0 Å². The molecule has 0 saturated heterocycles. The second-order valence-electron chi connectivity index (χ2n) is 8.89. The Labute approximate surface area is 190 Å². The zero-order valence-electron chi connectivity index (χ0n) is 19.7.